The van der Waals surface area contributed by atoms with Gasteiger partial charge in [-0.2, -0.15) is 8.42 Å². The van der Waals surface area contributed by atoms with Crippen molar-refractivity contribution in [2.45, 2.75) is 44.1 Å². The summed E-state index contributed by atoms with van der Waals surface area (Å²) in [5.74, 6) is 0.837. The molecule has 4 rings (SSSR count). The van der Waals surface area contributed by atoms with Gasteiger partial charge in [0, 0.05) is 17.3 Å². The first-order chi connectivity index (χ1) is 14.4. The van der Waals surface area contributed by atoms with Gasteiger partial charge in [0.1, 0.15) is 5.75 Å². The molecular weight excluding hydrogens is 406 g/mol. The fourth-order valence-electron chi connectivity index (χ4n) is 4.02. The number of ether oxygens (including phenoxy) is 2. The first-order valence-corrected chi connectivity index (χ1v) is 11.5. The first-order valence-electron chi connectivity index (χ1n) is 9.97. The predicted octanol–water partition coefficient (Wildman–Crippen LogP) is 3.65. The third-order valence-corrected chi connectivity index (χ3v) is 6.83. The second-order valence-electron chi connectivity index (χ2n) is 7.61. The first kappa shape index (κ1) is 20.7. The largest absolute Gasteiger partial charge is 0.493 e. The lowest BCUT2D eigenvalue weighted by atomic mass is 10.1. The third-order valence-electron chi connectivity index (χ3n) is 5.63. The summed E-state index contributed by atoms with van der Waals surface area (Å²) in [5, 5.41) is 0. The lowest BCUT2D eigenvalue weighted by molar-refractivity contribution is 0.0996. The van der Waals surface area contributed by atoms with Crippen LogP contribution in [-0.4, -0.2) is 34.6 Å². The molecule has 2 aromatic rings. The van der Waals surface area contributed by atoms with Crippen molar-refractivity contribution < 1.29 is 26.9 Å². The van der Waals surface area contributed by atoms with Crippen LogP contribution in [0.3, 0.4) is 0 Å². The molecule has 2 aromatic carbocycles. The van der Waals surface area contributed by atoms with Crippen LogP contribution in [0.15, 0.2) is 36.4 Å². The van der Waals surface area contributed by atoms with Crippen molar-refractivity contribution in [2.75, 3.05) is 19.1 Å². The van der Waals surface area contributed by atoms with Gasteiger partial charge in [0.15, 0.2) is 11.5 Å². The molecule has 0 radical (unpaired) electrons. The molecule has 1 fully saturated rings. The minimum atomic E-state index is -3.65. The Morgan fingerprint density at radius 3 is 2.50 bits per heavy atom. The number of anilines is 1. The molecule has 0 aromatic heterocycles. The van der Waals surface area contributed by atoms with Gasteiger partial charge in [-0.05, 0) is 55.0 Å². The van der Waals surface area contributed by atoms with E-state index in [2.05, 4.69) is 4.18 Å². The Hall–Kier alpha value is -2.58. The number of carbonyl (C=O) groups is 1. The van der Waals surface area contributed by atoms with Crippen molar-refractivity contribution in [3.05, 3.63) is 53.1 Å². The number of hydrogen-bond acceptors (Lipinski definition) is 6. The molecule has 0 spiro atoms. The molecule has 0 N–H and O–H groups in total. The van der Waals surface area contributed by atoms with Gasteiger partial charge >= 0.3 is 0 Å². The number of benzene rings is 2. The molecule has 8 heteroatoms. The van der Waals surface area contributed by atoms with Gasteiger partial charge in [-0.3, -0.25) is 8.98 Å². The van der Waals surface area contributed by atoms with Crippen LogP contribution in [-0.2, 0) is 26.6 Å². The summed E-state index contributed by atoms with van der Waals surface area (Å²) in [7, 11) is -0.924. The zero-order chi connectivity index (χ0) is 21.3. The second kappa shape index (κ2) is 8.28. The number of methoxy groups -OCH3 is 1. The Kier molecular flexibility index (Phi) is 5.71. The quantitative estimate of drug-likeness (QED) is 0.623. The predicted molar refractivity (Wildman–Crippen MR) is 112 cm³/mol. The molecule has 2 aliphatic rings. The minimum Gasteiger partial charge on any atom is -0.493 e. The van der Waals surface area contributed by atoms with E-state index < -0.39 is 10.1 Å². The second-order valence-corrected chi connectivity index (χ2v) is 9.35. The van der Waals surface area contributed by atoms with Crippen molar-refractivity contribution in [1.82, 2.24) is 0 Å². The fourth-order valence-corrected chi connectivity index (χ4v) is 4.73. The van der Waals surface area contributed by atoms with Crippen LogP contribution in [0.25, 0.3) is 0 Å². The monoisotopic (exact) mass is 431 g/mol. The maximum atomic E-state index is 13.1. The fraction of sp³-hybridized carbons (Fsp3) is 0.409. The highest BCUT2D eigenvalue weighted by molar-refractivity contribution is 7.85. The maximum absolute atomic E-state index is 13.1. The summed E-state index contributed by atoms with van der Waals surface area (Å²) in [4.78, 5) is 14.7. The highest BCUT2D eigenvalue weighted by atomic mass is 32.2. The highest BCUT2D eigenvalue weighted by Crippen LogP contribution is 2.37. The van der Waals surface area contributed by atoms with Gasteiger partial charge < -0.3 is 14.4 Å². The zero-order valence-corrected chi connectivity index (χ0v) is 17.9. The average Bonchev–Trinajstić information content (AvgIpc) is 3.36. The Morgan fingerprint density at radius 2 is 1.80 bits per heavy atom. The molecule has 1 amide bonds. The number of fused-ring (bicyclic) bond motifs is 1. The summed E-state index contributed by atoms with van der Waals surface area (Å²) < 4.78 is 39.6. The normalized spacial score (nSPS) is 16.7. The summed E-state index contributed by atoms with van der Waals surface area (Å²) in [5.41, 5.74) is 2.60. The van der Waals surface area contributed by atoms with Crippen LogP contribution in [0.4, 0.5) is 5.69 Å². The summed E-state index contributed by atoms with van der Waals surface area (Å²) in [6, 6.07) is 10.6. The van der Waals surface area contributed by atoms with Crippen LogP contribution in [0.2, 0.25) is 0 Å². The zero-order valence-electron chi connectivity index (χ0n) is 17.1. The van der Waals surface area contributed by atoms with Crippen molar-refractivity contribution in [2.24, 2.45) is 0 Å². The van der Waals surface area contributed by atoms with Crippen molar-refractivity contribution in [3.63, 3.8) is 0 Å². The molecule has 30 heavy (non-hydrogen) atoms. The smallest absolute Gasteiger partial charge is 0.271 e. The molecule has 1 heterocycles. The molecule has 0 bridgehead atoms. The molecular formula is C22H25NO6S. The third kappa shape index (κ3) is 4.15. The molecule has 1 saturated carbocycles. The SMILES string of the molecule is COc1ccc(N2Cc3ccc(CS(=O)(=O)OC)cc3C2=O)cc1OC1CCCC1. The summed E-state index contributed by atoms with van der Waals surface area (Å²) in [6.45, 7) is 0.417. The van der Waals surface area contributed by atoms with Crippen LogP contribution in [0, 0.1) is 0 Å². The molecule has 0 unspecified atom stereocenters. The lowest BCUT2D eigenvalue weighted by Gasteiger charge is -2.20. The Bertz CT molecular complexity index is 1060. The van der Waals surface area contributed by atoms with Crippen LogP contribution in [0.5, 0.6) is 11.5 Å². The van der Waals surface area contributed by atoms with Crippen molar-refractivity contribution in [1.29, 1.82) is 0 Å². The number of amides is 1. The standard InChI is InChI=1S/C22H25NO6S/c1-27-20-10-9-17(12-21(20)29-18-5-3-4-6-18)23-13-16-8-7-15(11-19(16)22(23)24)14-30(25,26)28-2/h7-12,18H,3-6,13-14H2,1-2H3. The Morgan fingerprint density at radius 1 is 1.03 bits per heavy atom. The Labute approximate surface area is 176 Å². The van der Waals surface area contributed by atoms with E-state index >= 15 is 0 Å². The van der Waals surface area contributed by atoms with Gasteiger partial charge in [-0.15, -0.1) is 0 Å². The van der Waals surface area contributed by atoms with E-state index in [9.17, 15) is 13.2 Å². The number of carbonyl (C=O) groups excluding carboxylic acids is 1. The van der Waals surface area contributed by atoms with E-state index in [0.29, 0.717) is 29.2 Å². The van der Waals surface area contributed by atoms with Crippen LogP contribution < -0.4 is 14.4 Å². The van der Waals surface area contributed by atoms with E-state index in [0.717, 1.165) is 44.0 Å². The molecule has 0 atom stereocenters. The number of nitrogens with zero attached hydrogens (tertiary/aromatic N) is 1. The topological polar surface area (TPSA) is 82.1 Å². The van der Waals surface area contributed by atoms with Gasteiger partial charge in [-0.1, -0.05) is 12.1 Å². The van der Waals surface area contributed by atoms with E-state index in [-0.39, 0.29) is 17.8 Å². The van der Waals surface area contributed by atoms with E-state index in [4.69, 9.17) is 9.47 Å². The van der Waals surface area contributed by atoms with Gasteiger partial charge in [0.05, 0.1) is 26.9 Å². The van der Waals surface area contributed by atoms with Gasteiger partial charge in [0.2, 0.25) is 0 Å². The summed E-state index contributed by atoms with van der Waals surface area (Å²) in [6.07, 6.45) is 4.54. The lowest BCUT2D eigenvalue weighted by Crippen LogP contribution is -2.23. The maximum Gasteiger partial charge on any atom is 0.271 e. The van der Waals surface area contributed by atoms with Crippen LogP contribution in [0.1, 0.15) is 47.2 Å². The van der Waals surface area contributed by atoms with Gasteiger partial charge in [-0.25, -0.2) is 0 Å². The minimum absolute atomic E-state index is 0.168. The van der Waals surface area contributed by atoms with E-state index in [1.54, 1.807) is 30.2 Å². The van der Waals surface area contributed by atoms with E-state index in [1.807, 2.05) is 18.2 Å². The van der Waals surface area contributed by atoms with Gasteiger partial charge in [0.25, 0.3) is 16.0 Å². The van der Waals surface area contributed by atoms with Crippen molar-refractivity contribution in [3.8, 4) is 11.5 Å². The molecule has 1 aliphatic carbocycles. The summed E-state index contributed by atoms with van der Waals surface area (Å²) >= 11 is 0. The molecule has 160 valence electrons. The number of rotatable bonds is 7. The highest BCUT2D eigenvalue weighted by Gasteiger charge is 2.30. The van der Waals surface area contributed by atoms with E-state index in [1.165, 1.54) is 0 Å². The molecule has 1 aliphatic heterocycles. The number of hydrogen-bond donors (Lipinski definition) is 0. The van der Waals surface area contributed by atoms with Crippen LogP contribution >= 0.6 is 0 Å². The molecule has 0 saturated heterocycles. The average molecular weight is 432 g/mol. The van der Waals surface area contributed by atoms with Crippen molar-refractivity contribution >= 4 is 21.7 Å². The Balaban J connectivity index is 1.59. The molecule has 7 nitrogen and oxygen atoms in total.